The zero-order chi connectivity index (χ0) is 12.5. The van der Waals surface area contributed by atoms with Crippen molar-refractivity contribution in [2.24, 2.45) is 0 Å². The van der Waals surface area contributed by atoms with Gasteiger partial charge in [0.2, 0.25) is 0 Å². The van der Waals surface area contributed by atoms with Crippen LogP contribution in [0.5, 0.6) is 0 Å². The largest absolute Gasteiger partial charge is 0.240 e. The molecule has 0 aliphatic rings. The topological polar surface area (TPSA) is 25.8 Å². The van der Waals surface area contributed by atoms with E-state index in [4.69, 9.17) is 11.6 Å². The molecule has 0 unspecified atom stereocenters. The minimum atomic E-state index is -0.0845. The number of nitrogens with zero attached hydrogens (tertiary/aromatic N) is 2. The Kier molecular flexibility index (Phi) is 3.16. The van der Waals surface area contributed by atoms with Gasteiger partial charge >= 0.3 is 0 Å². The second-order valence-corrected chi connectivity index (χ2v) is 5.37. The molecule has 0 spiro atoms. The molecule has 2 aromatic rings. The lowest BCUT2D eigenvalue weighted by atomic mass is 9.95. The highest BCUT2D eigenvalue weighted by atomic mass is 35.5. The molecule has 1 aromatic carbocycles. The molecule has 0 atom stereocenters. The van der Waals surface area contributed by atoms with Gasteiger partial charge in [0.1, 0.15) is 11.0 Å². The number of aromatic nitrogens is 2. The summed E-state index contributed by atoms with van der Waals surface area (Å²) >= 11 is 6.22. The van der Waals surface area contributed by atoms with Crippen molar-refractivity contribution in [2.75, 3.05) is 0 Å². The van der Waals surface area contributed by atoms with Crippen LogP contribution >= 0.6 is 11.6 Å². The van der Waals surface area contributed by atoms with Crippen molar-refractivity contribution in [3.05, 3.63) is 47.5 Å². The van der Waals surface area contributed by atoms with E-state index < -0.39 is 0 Å². The molecule has 1 heterocycles. The van der Waals surface area contributed by atoms with Crippen LogP contribution in [0.1, 0.15) is 26.6 Å². The lowest BCUT2D eigenvalue weighted by molar-refractivity contribution is 0.545. The van der Waals surface area contributed by atoms with Gasteiger partial charge in [0, 0.05) is 17.2 Å². The minimum absolute atomic E-state index is 0.0845. The van der Waals surface area contributed by atoms with Crippen LogP contribution in [0, 0.1) is 0 Å². The van der Waals surface area contributed by atoms with E-state index in [1.807, 2.05) is 30.3 Å². The molecule has 88 valence electrons. The quantitative estimate of drug-likeness (QED) is 0.708. The lowest BCUT2D eigenvalue weighted by Gasteiger charge is -2.17. The maximum absolute atomic E-state index is 6.22. The monoisotopic (exact) mass is 246 g/mol. The third-order valence-corrected chi connectivity index (χ3v) is 2.79. The number of hydrogen-bond acceptors (Lipinski definition) is 2. The van der Waals surface area contributed by atoms with Crippen molar-refractivity contribution in [2.45, 2.75) is 26.2 Å². The average molecular weight is 247 g/mol. The van der Waals surface area contributed by atoms with Crippen molar-refractivity contribution in [1.82, 2.24) is 9.97 Å². The Morgan fingerprint density at radius 1 is 1.06 bits per heavy atom. The summed E-state index contributed by atoms with van der Waals surface area (Å²) in [6.07, 6.45) is 1.80. The van der Waals surface area contributed by atoms with Gasteiger partial charge in [0.05, 0.1) is 0 Å². The first kappa shape index (κ1) is 12.1. The van der Waals surface area contributed by atoms with Gasteiger partial charge in [0.15, 0.2) is 0 Å². The normalized spacial score (nSPS) is 11.5. The third-order valence-electron chi connectivity index (χ3n) is 2.50. The summed E-state index contributed by atoms with van der Waals surface area (Å²) < 4.78 is 0. The Morgan fingerprint density at radius 2 is 1.71 bits per heavy atom. The molecule has 0 saturated carbocycles. The summed E-state index contributed by atoms with van der Waals surface area (Å²) in [5.41, 5.74) is 1.83. The molecule has 0 saturated heterocycles. The molecule has 0 N–H and O–H groups in total. The van der Waals surface area contributed by atoms with Crippen LogP contribution < -0.4 is 0 Å². The highest BCUT2D eigenvalue weighted by Gasteiger charge is 2.18. The Hall–Kier alpha value is -1.41. The van der Waals surface area contributed by atoms with Crippen LogP contribution in [0.25, 0.3) is 11.1 Å². The Balaban J connectivity index is 2.46. The maximum atomic E-state index is 6.22. The van der Waals surface area contributed by atoms with Gasteiger partial charge in [-0.05, 0) is 5.56 Å². The molecular formula is C14H15ClN2. The number of rotatable bonds is 1. The molecule has 0 bridgehead atoms. The molecule has 0 aliphatic carbocycles. The molecule has 0 fully saturated rings. The van der Waals surface area contributed by atoms with Gasteiger partial charge in [-0.3, -0.25) is 0 Å². The summed E-state index contributed by atoms with van der Waals surface area (Å²) in [5, 5.41) is 0.510. The van der Waals surface area contributed by atoms with Crippen molar-refractivity contribution >= 4 is 11.6 Å². The van der Waals surface area contributed by atoms with Gasteiger partial charge in [-0.15, -0.1) is 0 Å². The second kappa shape index (κ2) is 4.46. The Morgan fingerprint density at radius 3 is 2.24 bits per heavy atom. The van der Waals surface area contributed by atoms with Gasteiger partial charge in [-0.1, -0.05) is 62.7 Å². The SMILES string of the molecule is CC(C)(C)c1ncc(-c2ccccc2)c(Cl)n1. The first-order chi connectivity index (χ1) is 7.98. The fraction of sp³-hybridized carbons (Fsp3) is 0.286. The standard InChI is InChI=1S/C14H15ClN2/c1-14(2,3)13-16-9-11(12(15)17-13)10-7-5-4-6-8-10/h4-9H,1-3H3. The molecule has 3 heteroatoms. The van der Waals surface area contributed by atoms with Crippen LogP contribution in [-0.2, 0) is 5.41 Å². The van der Waals surface area contributed by atoms with Crippen LogP contribution in [0.15, 0.2) is 36.5 Å². The van der Waals surface area contributed by atoms with E-state index in [-0.39, 0.29) is 5.41 Å². The predicted molar refractivity (Wildman–Crippen MR) is 71.2 cm³/mol. The zero-order valence-electron chi connectivity index (χ0n) is 10.2. The van der Waals surface area contributed by atoms with E-state index in [1.165, 1.54) is 0 Å². The number of halogens is 1. The van der Waals surface area contributed by atoms with E-state index >= 15 is 0 Å². The highest BCUT2D eigenvalue weighted by Crippen LogP contribution is 2.27. The van der Waals surface area contributed by atoms with Crippen LogP contribution in [0.3, 0.4) is 0 Å². The van der Waals surface area contributed by atoms with Crippen LogP contribution in [0.2, 0.25) is 5.15 Å². The summed E-state index contributed by atoms with van der Waals surface area (Å²) in [4.78, 5) is 8.77. The van der Waals surface area contributed by atoms with E-state index in [0.717, 1.165) is 17.0 Å². The minimum Gasteiger partial charge on any atom is -0.240 e. The van der Waals surface area contributed by atoms with Gasteiger partial charge in [0.25, 0.3) is 0 Å². The van der Waals surface area contributed by atoms with Crippen LogP contribution in [-0.4, -0.2) is 9.97 Å². The maximum Gasteiger partial charge on any atom is 0.140 e. The van der Waals surface area contributed by atoms with E-state index in [2.05, 4.69) is 30.7 Å². The fourth-order valence-electron chi connectivity index (χ4n) is 1.53. The molecule has 2 rings (SSSR count). The van der Waals surface area contributed by atoms with Crippen molar-refractivity contribution < 1.29 is 0 Å². The Labute approximate surface area is 107 Å². The summed E-state index contributed by atoms with van der Waals surface area (Å²) in [6, 6.07) is 9.93. The summed E-state index contributed by atoms with van der Waals surface area (Å²) in [5.74, 6) is 0.766. The zero-order valence-corrected chi connectivity index (χ0v) is 11.0. The summed E-state index contributed by atoms with van der Waals surface area (Å²) in [7, 11) is 0. The van der Waals surface area contributed by atoms with E-state index in [1.54, 1.807) is 6.20 Å². The number of benzene rings is 1. The summed E-state index contributed by atoms with van der Waals surface area (Å²) in [6.45, 7) is 6.21. The molecule has 0 radical (unpaired) electrons. The van der Waals surface area contributed by atoms with E-state index in [9.17, 15) is 0 Å². The first-order valence-corrected chi connectivity index (χ1v) is 5.95. The molecule has 0 amide bonds. The number of hydrogen-bond donors (Lipinski definition) is 0. The fourth-order valence-corrected chi connectivity index (χ4v) is 1.77. The van der Waals surface area contributed by atoms with Gasteiger partial charge in [-0.25, -0.2) is 9.97 Å². The molecule has 2 nitrogen and oxygen atoms in total. The van der Waals surface area contributed by atoms with Crippen molar-refractivity contribution in [3.8, 4) is 11.1 Å². The second-order valence-electron chi connectivity index (χ2n) is 5.01. The van der Waals surface area contributed by atoms with E-state index in [0.29, 0.717) is 5.15 Å². The van der Waals surface area contributed by atoms with Crippen molar-refractivity contribution in [1.29, 1.82) is 0 Å². The van der Waals surface area contributed by atoms with Gasteiger partial charge in [-0.2, -0.15) is 0 Å². The first-order valence-electron chi connectivity index (χ1n) is 5.57. The Bertz CT molecular complexity index is 515. The van der Waals surface area contributed by atoms with Crippen molar-refractivity contribution in [3.63, 3.8) is 0 Å². The predicted octanol–water partition coefficient (Wildman–Crippen LogP) is 4.09. The smallest absolute Gasteiger partial charge is 0.140 e. The van der Waals surface area contributed by atoms with Gasteiger partial charge < -0.3 is 0 Å². The van der Waals surface area contributed by atoms with Crippen LogP contribution in [0.4, 0.5) is 0 Å². The molecule has 0 aliphatic heterocycles. The molecule has 17 heavy (non-hydrogen) atoms. The third kappa shape index (κ3) is 2.64. The molecular weight excluding hydrogens is 232 g/mol. The average Bonchev–Trinajstić information content (AvgIpc) is 2.29. The lowest BCUT2D eigenvalue weighted by Crippen LogP contribution is -2.16. The highest BCUT2D eigenvalue weighted by molar-refractivity contribution is 6.32. The molecule has 1 aromatic heterocycles.